The van der Waals surface area contributed by atoms with Crippen LogP contribution in [0.1, 0.15) is 33.2 Å². The first-order valence-corrected chi connectivity index (χ1v) is 5.73. The topological polar surface area (TPSA) is 59.4 Å². The summed E-state index contributed by atoms with van der Waals surface area (Å²) in [5.41, 5.74) is 0.561. The molecule has 0 aromatic carbocycles. The number of aromatic nitrogens is 1. The second-order valence-electron chi connectivity index (χ2n) is 3.77. The summed E-state index contributed by atoms with van der Waals surface area (Å²) in [6.45, 7) is 0.281. The van der Waals surface area contributed by atoms with E-state index < -0.39 is 5.97 Å². The van der Waals surface area contributed by atoms with Gasteiger partial charge in [0, 0.05) is 13.5 Å². The number of thiazole rings is 1. The Morgan fingerprint density at radius 1 is 1.67 bits per heavy atom. The zero-order valence-corrected chi connectivity index (χ0v) is 9.34. The second kappa shape index (κ2) is 4.28. The van der Waals surface area contributed by atoms with Gasteiger partial charge in [-0.05, 0) is 18.8 Å². The van der Waals surface area contributed by atoms with Crippen molar-refractivity contribution in [2.24, 2.45) is 5.92 Å². The zero-order valence-electron chi connectivity index (χ0n) is 8.52. The maximum atomic E-state index is 10.9. The molecule has 0 aliphatic heterocycles. The third kappa shape index (κ3) is 2.54. The Kier molecular flexibility index (Phi) is 3.02. The quantitative estimate of drug-likeness (QED) is 0.835. The minimum atomic E-state index is -0.901. The second-order valence-corrected chi connectivity index (χ2v) is 4.85. The van der Waals surface area contributed by atoms with Gasteiger partial charge in [0.05, 0.1) is 17.3 Å². The molecule has 1 aliphatic carbocycles. The summed E-state index contributed by atoms with van der Waals surface area (Å²) in [6.07, 6.45) is 3.43. The highest BCUT2D eigenvalue weighted by molar-refractivity contribution is 7.13. The van der Waals surface area contributed by atoms with Gasteiger partial charge < -0.3 is 9.84 Å². The summed E-state index contributed by atoms with van der Waals surface area (Å²) in [4.78, 5) is 15.6. The normalized spacial score (nSPS) is 15.5. The molecule has 1 aromatic rings. The molecule has 15 heavy (non-hydrogen) atoms. The summed E-state index contributed by atoms with van der Waals surface area (Å²) >= 11 is 1.29. The van der Waals surface area contributed by atoms with Crippen molar-refractivity contribution in [3.8, 4) is 0 Å². The third-order valence-corrected chi connectivity index (χ3v) is 3.49. The molecule has 0 spiro atoms. The van der Waals surface area contributed by atoms with Gasteiger partial charge in [-0.25, -0.2) is 9.78 Å². The average molecular weight is 227 g/mol. The van der Waals surface area contributed by atoms with Gasteiger partial charge >= 0.3 is 5.97 Å². The number of carbonyl (C=O) groups is 1. The molecule has 1 heterocycles. The molecule has 1 N–H and O–H groups in total. The van der Waals surface area contributed by atoms with Crippen molar-refractivity contribution in [3.05, 3.63) is 15.6 Å². The fraction of sp³-hybridized carbons (Fsp3) is 0.600. The molecule has 0 radical (unpaired) electrons. The molecular formula is C10H13NO3S. The van der Waals surface area contributed by atoms with E-state index in [-0.39, 0.29) is 6.61 Å². The monoisotopic (exact) mass is 227 g/mol. The number of aromatic carboxylic acids is 1. The van der Waals surface area contributed by atoms with Gasteiger partial charge in [-0.15, -0.1) is 11.3 Å². The standard InChI is InChI=1S/C10H13NO3S/c1-14-5-7-9(10(12)13)15-8(11-7)4-6-2-3-6/h6H,2-5H2,1H3,(H,12,13). The Morgan fingerprint density at radius 2 is 2.40 bits per heavy atom. The van der Waals surface area contributed by atoms with Gasteiger partial charge in [0.25, 0.3) is 0 Å². The van der Waals surface area contributed by atoms with E-state index >= 15 is 0 Å². The van der Waals surface area contributed by atoms with Crippen LogP contribution in [0.15, 0.2) is 0 Å². The van der Waals surface area contributed by atoms with Crippen LogP contribution in [0, 0.1) is 5.92 Å². The predicted molar refractivity (Wildman–Crippen MR) is 56.2 cm³/mol. The lowest BCUT2D eigenvalue weighted by atomic mass is 10.3. The van der Waals surface area contributed by atoms with E-state index in [0.29, 0.717) is 10.6 Å². The lowest BCUT2D eigenvalue weighted by molar-refractivity contribution is 0.0697. The average Bonchev–Trinajstić information content (AvgIpc) is 2.88. The number of hydrogen-bond acceptors (Lipinski definition) is 4. The van der Waals surface area contributed by atoms with Crippen molar-refractivity contribution in [3.63, 3.8) is 0 Å². The van der Waals surface area contributed by atoms with Gasteiger partial charge in [-0.3, -0.25) is 0 Å². The van der Waals surface area contributed by atoms with Crippen LogP contribution < -0.4 is 0 Å². The number of methoxy groups -OCH3 is 1. The Morgan fingerprint density at radius 3 is 2.93 bits per heavy atom. The van der Waals surface area contributed by atoms with Gasteiger partial charge in [-0.1, -0.05) is 0 Å². The van der Waals surface area contributed by atoms with E-state index in [1.807, 2.05) is 0 Å². The number of hydrogen-bond donors (Lipinski definition) is 1. The lowest BCUT2D eigenvalue weighted by Crippen LogP contribution is -1.99. The van der Waals surface area contributed by atoms with Crippen molar-refractivity contribution >= 4 is 17.3 Å². The van der Waals surface area contributed by atoms with Gasteiger partial charge in [0.15, 0.2) is 0 Å². The van der Waals surface area contributed by atoms with Gasteiger partial charge in [-0.2, -0.15) is 0 Å². The lowest BCUT2D eigenvalue weighted by Gasteiger charge is -1.94. The van der Waals surface area contributed by atoms with Crippen LogP contribution >= 0.6 is 11.3 Å². The highest BCUT2D eigenvalue weighted by Crippen LogP contribution is 2.34. The molecule has 2 rings (SSSR count). The molecular weight excluding hydrogens is 214 g/mol. The van der Waals surface area contributed by atoms with Crippen LogP contribution in [-0.4, -0.2) is 23.2 Å². The van der Waals surface area contributed by atoms with Crippen LogP contribution in [0.4, 0.5) is 0 Å². The maximum Gasteiger partial charge on any atom is 0.347 e. The molecule has 1 fully saturated rings. The van der Waals surface area contributed by atoms with Crippen LogP contribution in [0.25, 0.3) is 0 Å². The highest BCUT2D eigenvalue weighted by atomic mass is 32.1. The maximum absolute atomic E-state index is 10.9. The number of carboxylic acids is 1. The Balaban J connectivity index is 2.17. The van der Waals surface area contributed by atoms with Crippen molar-refractivity contribution in [2.75, 3.05) is 7.11 Å². The largest absolute Gasteiger partial charge is 0.477 e. The van der Waals surface area contributed by atoms with E-state index in [1.165, 1.54) is 24.2 Å². The van der Waals surface area contributed by atoms with Crippen molar-refractivity contribution < 1.29 is 14.6 Å². The molecule has 82 valence electrons. The molecule has 0 atom stereocenters. The molecule has 1 saturated carbocycles. The van der Waals surface area contributed by atoms with E-state index in [2.05, 4.69) is 4.98 Å². The van der Waals surface area contributed by atoms with E-state index in [4.69, 9.17) is 9.84 Å². The van der Waals surface area contributed by atoms with Gasteiger partial charge in [0.2, 0.25) is 0 Å². The molecule has 1 aliphatic rings. The third-order valence-electron chi connectivity index (χ3n) is 2.38. The van der Waals surface area contributed by atoms with E-state index in [9.17, 15) is 4.79 Å². The van der Waals surface area contributed by atoms with Crippen molar-refractivity contribution in [1.29, 1.82) is 0 Å². The van der Waals surface area contributed by atoms with Gasteiger partial charge in [0.1, 0.15) is 4.88 Å². The predicted octanol–water partition coefficient (Wildman–Crippen LogP) is 1.94. The first-order valence-electron chi connectivity index (χ1n) is 4.91. The minimum Gasteiger partial charge on any atom is -0.477 e. The van der Waals surface area contributed by atoms with E-state index in [1.54, 1.807) is 7.11 Å². The number of carboxylic acid groups (broad SMARTS) is 1. The number of ether oxygens (including phenoxy) is 1. The molecule has 1 aromatic heterocycles. The fourth-order valence-electron chi connectivity index (χ4n) is 1.46. The van der Waals surface area contributed by atoms with E-state index in [0.717, 1.165) is 17.3 Å². The number of nitrogens with zero attached hydrogens (tertiary/aromatic N) is 1. The minimum absolute atomic E-state index is 0.281. The molecule has 4 nitrogen and oxygen atoms in total. The van der Waals surface area contributed by atoms with Crippen molar-refractivity contribution in [1.82, 2.24) is 4.98 Å². The van der Waals surface area contributed by atoms with Crippen LogP contribution in [0.2, 0.25) is 0 Å². The first kappa shape index (κ1) is 10.6. The summed E-state index contributed by atoms with van der Waals surface area (Å²) in [6, 6.07) is 0. The Bertz CT molecular complexity index is 371. The molecule has 0 saturated heterocycles. The first-order chi connectivity index (χ1) is 7.20. The van der Waals surface area contributed by atoms with Crippen LogP contribution in [0.5, 0.6) is 0 Å². The Hall–Kier alpha value is -0.940. The molecule has 5 heteroatoms. The smallest absolute Gasteiger partial charge is 0.347 e. The highest BCUT2D eigenvalue weighted by Gasteiger charge is 2.25. The van der Waals surface area contributed by atoms with Crippen LogP contribution in [0.3, 0.4) is 0 Å². The summed E-state index contributed by atoms with van der Waals surface area (Å²) in [5.74, 6) is -0.171. The van der Waals surface area contributed by atoms with Crippen LogP contribution in [-0.2, 0) is 17.8 Å². The molecule has 0 unspecified atom stereocenters. The zero-order chi connectivity index (χ0) is 10.8. The fourth-order valence-corrected chi connectivity index (χ4v) is 2.48. The summed E-state index contributed by atoms with van der Waals surface area (Å²) < 4.78 is 4.93. The SMILES string of the molecule is COCc1nc(CC2CC2)sc1C(=O)O. The van der Waals surface area contributed by atoms with Crippen molar-refractivity contribution in [2.45, 2.75) is 25.9 Å². The molecule has 0 amide bonds. The number of rotatable bonds is 5. The Labute approximate surface area is 91.9 Å². The summed E-state index contributed by atoms with van der Waals surface area (Å²) in [5, 5.41) is 9.90. The summed E-state index contributed by atoms with van der Waals surface area (Å²) in [7, 11) is 1.55. The molecule has 0 bridgehead atoms.